The molecule has 0 saturated heterocycles. The zero-order valence-electron chi connectivity index (χ0n) is 8.48. The topological polar surface area (TPSA) is 58.3 Å². The monoisotopic (exact) mass is 238 g/mol. The first-order valence-corrected chi connectivity index (χ1v) is 5.20. The van der Waals surface area contributed by atoms with Crippen molar-refractivity contribution in [3.8, 4) is 0 Å². The summed E-state index contributed by atoms with van der Waals surface area (Å²) in [4.78, 5) is 4.08. The normalized spacial score (nSPS) is 10.4. The molecule has 4 nitrogen and oxygen atoms in total. The maximum atomic E-state index is 8.83. The summed E-state index contributed by atoms with van der Waals surface area (Å²) in [5, 5.41) is 12.3. The number of aromatic nitrogens is 1. The fourth-order valence-corrected chi connectivity index (χ4v) is 1.45. The number of nitrogens with one attached hydrogen (secondary N) is 1. The van der Waals surface area contributed by atoms with Gasteiger partial charge in [-0.15, -0.1) is 0 Å². The Morgan fingerprint density at radius 1 is 1.25 bits per heavy atom. The number of furan rings is 1. The van der Waals surface area contributed by atoms with Crippen LogP contribution in [0.2, 0.25) is 5.15 Å². The lowest BCUT2D eigenvalue weighted by Gasteiger charge is -2.03. The molecule has 0 bridgehead atoms. The van der Waals surface area contributed by atoms with Crippen molar-refractivity contribution in [3.05, 3.63) is 47.0 Å². The number of pyridine rings is 1. The fraction of sp³-hybridized carbons (Fsp3) is 0.182. The van der Waals surface area contributed by atoms with Crippen molar-refractivity contribution in [3.63, 3.8) is 0 Å². The average Bonchev–Trinajstić information content (AvgIpc) is 2.74. The number of halogens is 1. The summed E-state index contributed by atoms with van der Waals surface area (Å²) >= 11 is 5.75. The molecular weight excluding hydrogens is 228 g/mol. The van der Waals surface area contributed by atoms with Crippen LogP contribution >= 0.6 is 11.6 Å². The van der Waals surface area contributed by atoms with E-state index in [1.165, 1.54) is 0 Å². The lowest BCUT2D eigenvalue weighted by molar-refractivity contribution is 0.244. The highest BCUT2D eigenvalue weighted by Crippen LogP contribution is 2.12. The predicted molar refractivity (Wildman–Crippen MR) is 61.2 cm³/mol. The molecule has 2 rings (SSSR count). The van der Waals surface area contributed by atoms with Crippen LogP contribution in [-0.4, -0.2) is 10.1 Å². The van der Waals surface area contributed by atoms with Gasteiger partial charge in [0.25, 0.3) is 0 Å². The average molecular weight is 239 g/mol. The molecule has 0 aliphatic heterocycles. The Morgan fingerprint density at radius 2 is 2.06 bits per heavy atom. The third-order valence-electron chi connectivity index (χ3n) is 2.03. The van der Waals surface area contributed by atoms with Crippen LogP contribution in [0.15, 0.2) is 34.7 Å². The Bertz CT molecular complexity index is 471. The quantitative estimate of drug-likeness (QED) is 0.804. The molecule has 0 aliphatic carbocycles. The molecular formula is C11H11ClN2O2. The first kappa shape index (κ1) is 11.0. The van der Waals surface area contributed by atoms with Crippen LogP contribution in [0.25, 0.3) is 0 Å². The van der Waals surface area contributed by atoms with Gasteiger partial charge >= 0.3 is 0 Å². The molecule has 0 aromatic carbocycles. The minimum Gasteiger partial charge on any atom is -0.462 e. The zero-order valence-corrected chi connectivity index (χ0v) is 9.24. The fourth-order valence-electron chi connectivity index (χ4n) is 1.29. The van der Waals surface area contributed by atoms with E-state index in [9.17, 15) is 0 Å². The summed E-state index contributed by atoms with van der Waals surface area (Å²) < 4.78 is 5.31. The first-order chi connectivity index (χ1) is 7.78. The van der Waals surface area contributed by atoms with E-state index >= 15 is 0 Å². The van der Waals surface area contributed by atoms with Gasteiger partial charge in [-0.3, -0.25) is 0 Å². The van der Waals surface area contributed by atoms with Gasteiger partial charge in [-0.2, -0.15) is 0 Å². The van der Waals surface area contributed by atoms with Crippen molar-refractivity contribution in [1.82, 2.24) is 4.98 Å². The van der Waals surface area contributed by atoms with Gasteiger partial charge in [-0.05, 0) is 24.3 Å². The lowest BCUT2D eigenvalue weighted by Crippen LogP contribution is -1.99. The molecule has 84 valence electrons. The number of hydrogen-bond acceptors (Lipinski definition) is 4. The Balaban J connectivity index is 1.96. The van der Waals surface area contributed by atoms with E-state index in [0.717, 1.165) is 5.76 Å². The van der Waals surface area contributed by atoms with Gasteiger partial charge in [0.15, 0.2) is 0 Å². The lowest BCUT2D eigenvalue weighted by atomic mass is 10.4. The number of aliphatic hydroxyl groups excluding tert-OH is 1. The molecule has 0 radical (unpaired) electrons. The van der Waals surface area contributed by atoms with E-state index < -0.39 is 0 Å². The minimum absolute atomic E-state index is 0.0879. The second-order valence-electron chi connectivity index (χ2n) is 3.23. The highest BCUT2D eigenvalue weighted by atomic mass is 35.5. The Hall–Kier alpha value is -1.52. The molecule has 16 heavy (non-hydrogen) atoms. The Labute approximate surface area is 97.9 Å². The SMILES string of the molecule is OCc1ccc(CNc2cccc(Cl)n2)o1. The maximum absolute atomic E-state index is 8.83. The van der Waals surface area contributed by atoms with E-state index in [1.54, 1.807) is 12.1 Å². The molecule has 2 heterocycles. The van der Waals surface area contributed by atoms with Gasteiger partial charge in [0, 0.05) is 0 Å². The van der Waals surface area contributed by atoms with Gasteiger partial charge in [-0.1, -0.05) is 17.7 Å². The molecule has 0 saturated carbocycles. The molecule has 0 fully saturated rings. The number of anilines is 1. The van der Waals surface area contributed by atoms with Gasteiger partial charge in [-0.25, -0.2) is 4.98 Å². The maximum Gasteiger partial charge on any atom is 0.131 e. The van der Waals surface area contributed by atoms with E-state index in [-0.39, 0.29) is 6.61 Å². The van der Waals surface area contributed by atoms with Crippen molar-refractivity contribution in [2.24, 2.45) is 0 Å². The van der Waals surface area contributed by atoms with Gasteiger partial charge in [0.2, 0.25) is 0 Å². The highest BCUT2D eigenvalue weighted by molar-refractivity contribution is 6.29. The predicted octanol–water partition coefficient (Wildman–Crippen LogP) is 2.43. The van der Waals surface area contributed by atoms with Crippen LogP contribution < -0.4 is 5.32 Å². The highest BCUT2D eigenvalue weighted by Gasteiger charge is 2.01. The summed E-state index contributed by atoms with van der Waals surface area (Å²) in [6, 6.07) is 8.90. The summed E-state index contributed by atoms with van der Waals surface area (Å²) in [6.07, 6.45) is 0. The summed E-state index contributed by atoms with van der Waals surface area (Å²) in [7, 11) is 0. The van der Waals surface area contributed by atoms with E-state index in [1.807, 2.05) is 18.2 Å². The second kappa shape index (κ2) is 5.01. The number of aliphatic hydroxyl groups is 1. The number of hydrogen-bond donors (Lipinski definition) is 2. The third kappa shape index (κ3) is 2.74. The Kier molecular flexibility index (Phi) is 3.44. The van der Waals surface area contributed by atoms with Gasteiger partial charge in [0.1, 0.15) is 29.1 Å². The van der Waals surface area contributed by atoms with Crippen LogP contribution in [-0.2, 0) is 13.2 Å². The summed E-state index contributed by atoms with van der Waals surface area (Å²) in [5.74, 6) is 1.98. The van der Waals surface area contributed by atoms with Gasteiger partial charge < -0.3 is 14.8 Å². The molecule has 2 aromatic rings. The van der Waals surface area contributed by atoms with Crippen LogP contribution in [0.1, 0.15) is 11.5 Å². The second-order valence-corrected chi connectivity index (χ2v) is 3.61. The largest absolute Gasteiger partial charge is 0.462 e. The molecule has 0 amide bonds. The summed E-state index contributed by atoms with van der Waals surface area (Å²) in [6.45, 7) is 0.419. The summed E-state index contributed by atoms with van der Waals surface area (Å²) in [5.41, 5.74) is 0. The van der Waals surface area contributed by atoms with Crippen LogP contribution in [0.5, 0.6) is 0 Å². The molecule has 0 spiro atoms. The number of nitrogens with zero attached hydrogens (tertiary/aromatic N) is 1. The van der Waals surface area contributed by atoms with E-state index in [0.29, 0.717) is 23.3 Å². The molecule has 5 heteroatoms. The van der Waals surface area contributed by atoms with Crippen LogP contribution in [0.3, 0.4) is 0 Å². The molecule has 0 aliphatic rings. The smallest absolute Gasteiger partial charge is 0.131 e. The van der Waals surface area contributed by atoms with Crippen LogP contribution in [0, 0.1) is 0 Å². The van der Waals surface area contributed by atoms with Crippen molar-refractivity contribution < 1.29 is 9.52 Å². The zero-order chi connectivity index (χ0) is 11.4. The van der Waals surface area contributed by atoms with Crippen molar-refractivity contribution in [2.75, 3.05) is 5.32 Å². The Morgan fingerprint density at radius 3 is 2.75 bits per heavy atom. The molecule has 2 N–H and O–H groups in total. The van der Waals surface area contributed by atoms with E-state index in [4.69, 9.17) is 21.1 Å². The van der Waals surface area contributed by atoms with Crippen molar-refractivity contribution in [1.29, 1.82) is 0 Å². The van der Waals surface area contributed by atoms with Crippen molar-refractivity contribution in [2.45, 2.75) is 13.2 Å². The molecule has 0 unspecified atom stereocenters. The first-order valence-electron chi connectivity index (χ1n) is 4.83. The standard InChI is InChI=1S/C11H11ClN2O2/c12-10-2-1-3-11(14-10)13-6-8-4-5-9(7-15)16-8/h1-5,15H,6-7H2,(H,13,14). The van der Waals surface area contributed by atoms with Crippen LogP contribution in [0.4, 0.5) is 5.82 Å². The molecule has 2 aromatic heterocycles. The third-order valence-corrected chi connectivity index (χ3v) is 2.24. The van der Waals surface area contributed by atoms with Gasteiger partial charge in [0.05, 0.1) is 6.54 Å². The number of rotatable bonds is 4. The van der Waals surface area contributed by atoms with E-state index in [2.05, 4.69) is 10.3 Å². The molecule has 0 atom stereocenters. The van der Waals surface area contributed by atoms with Crippen molar-refractivity contribution >= 4 is 17.4 Å². The minimum atomic E-state index is -0.0879.